The molecule has 0 amide bonds. The molecular formula is C14H15FN2. The lowest BCUT2D eigenvalue weighted by Crippen LogP contribution is -2.34. The van der Waals surface area contributed by atoms with Crippen LogP contribution in [0.5, 0.6) is 0 Å². The molecule has 88 valence electrons. The van der Waals surface area contributed by atoms with Crippen LogP contribution in [-0.2, 0) is 0 Å². The maximum absolute atomic E-state index is 13.1. The maximum Gasteiger partial charge on any atom is 0.129 e. The number of fused-ring (bicyclic) bond motifs is 1. The van der Waals surface area contributed by atoms with E-state index in [9.17, 15) is 4.39 Å². The van der Waals surface area contributed by atoms with Gasteiger partial charge < -0.3 is 4.90 Å². The van der Waals surface area contributed by atoms with Crippen molar-refractivity contribution in [2.75, 3.05) is 18.0 Å². The largest absolute Gasteiger partial charge is 0.356 e. The van der Waals surface area contributed by atoms with E-state index in [0.717, 1.165) is 29.8 Å². The zero-order valence-corrected chi connectivity index (χ0v) is 9.64. The van der Waals surface area contributed by atoms with Crippen molar-refractivity contribution in [3.8, 4) is 0 Å². The summed E-state index contributed by atoms with van der Waals surface area (Å²) in [6.45, 7) is 1.54. The lowest BCUT2D eigenvalue weighted by atomic mass is 10.1. The number of para-hydroxylation sites is 1. The van der Waals surface area contributed by atoms with E-state index >= 15 is 0 Å². The Labute approximate surface area is 100 Å². The quantitative estimate of drug-likeness (QED) is 0.748. The highest BCUT2D eigenvalue weighted by Gasteiger charge is 2.19. The summed E-state index contributed by atoms with van der Waals surface area (Å²) in [6.07, 6.45) is 0.606. The van der Waals surface area contributed by atoms with Crippen molar-refractivity contribution in [3.63, 3.8) is 0 Å². The number of rotatable bonds is 1. The molecule has 0 spiro atoms. The third-order valence-electron chi connectivity index (χ3n) is 3.33. The first-order valence-corrected chi connectivity index (χ1v) is 6.08. The maximum atomic E-state index is 13.1. The molecule has 0 atom stereocenters. The molecule has 17 heavy (non-hydrogen) atoms. The van der Waals surface area contributed by atoms with Crippen molar-refractivity contribution in [1.82, 2.24) is 4.98 Å². The van der Waals surface area contributed by atoms with Crippen LogP contribution in [0, 0.1) is 0 Å². The number of anilines is 1. The molecule has 0 aliphatic carbocycles. The van der Waals surface area contributed by atoms with Gasteiger partial charge in [0.15, 0.2) is 0 Å². The van der Waals surface area contributed by atoms with Crippen molar-refractivity contribution >= 4 is 16.7 Å². The Bertz CT molecular complexity index is 518. The van der Waals surface area contributed by atoms with Gasteiger partial charge in [-0.05, 0) is 31.0 Å². The first kappa shape index (κ1) is 10.5. The summed E-state index contributed by atoms with van der Waals surface area (Å²) in [6, 6.07) is 12.2. The van der Waals surface area contributed by atoms with Gasteiger partial charge in [-0.3, -0.25) is 0 Å². The summed E-state index contributed by atoms with van der Waals surface area (Å²) < 4.78 is 13.1. The molecule has 1 aliphatic rings. The van der Waals surface area contributed by atoms with E-state index in [-0.39, 0.29) is 0 Å². The third-order valence-corrected chi connectivity index (χ3v) is 3.33. The molecule has 3 rings (SSSR count). The second-order valence-electron chi connectivity index (χ2n) is 4.52. The van der Waals surface area contributed by atoms with Gasteiger partial charge in [-0.15, -0.1) is 0 Å². The number of pyridine rings is 1. The molecule has 2 nitrogen and oxygen atoms in total. The fourth-order valence-electron chi connectivity index (χ4n) is 2.31. The first-order chi connectivity index (χ1) is 8.33. The van der Waals surface area contributed by atoms with Crippen LogP contribution in [-0.4, -0.2) is 24.2 Å². The van der Waals surface area contributed by atoms with Crippen molar-refractivity contribution in [2.45, 2.75) is 19.0 Å². The molecule has 0 unspecified atom stereocenters. The molecule has 0 bridgehead atoms. The van der Waals surface area contributed by atoms with Crippen LogP contribution in [0.15, 0.2) is 36.4 Å². The number of hydrogen-bond donors (Lipinski definition) is 0. The van der Waals surface area contributed by atoms with Crippen LogP contribution in [0.25, 0.3) is 10.9 Å². The van der Waals surface area contributed by atoms with Gasteiger partial charge in [0.1, 0.15) is 12.0 Å². The van der Waals surface area contributed by atoms with Gasteiger partial charge in [0.2, 0.25) is 0 Å². The monoisotopic (exact) mass is 230 g/mol. The molecule has 0 radical (unpaired) electrons. The molecule has 3 heteroatoms. The molecule has 2 heterocycles. The minimum Gasteiger partial charge on any atom is -0.356 e. The highest BCUT2D eigenvalue weighted by atomic mass is 19.1. The average molecular weight is 230 g/mol. The summed E-state index contributed by atoms with van der Waals surface area (Å²) in [5, 5.41) is 1.15. The minimum atomic E-state index is -0.633. The lowest BCUT2D eigenvalue weighted by Gasteiger charge is -2.29. The molecule has 1 aromatic heterocycles. The Balaban J connectivity index is 1.90. The Morgan fingerprint density at radius 3 is 2.65 bits per heavy atom. The van der Waals surface area contributed by atoms with E-state index < -0.39 is 6.17 Å². The third kappa shape index (κ3) is 2.09. The Hall–Kier alpha value is -1.64. The van der Waals surface area contributed by atoms with Gasteiger partial charge in [-0.25, -0.2) is 9.37 Å². The molecule has 1 saturated heterocycles. The molecule has 1 aromatic carbocycles. The zero-order valence-electron chi connectivity index (χ0n) is 9.64. The number of alkyl halides is 1. The summed E-state index contributed by atoms with van der Waals surface area (Å²) in [5.41, 5.74) is 1.01. The Kier molecular flexibility index (Phi) is 2.67. The fraction of sp³-hybridized carbons (Fsp3) is 0.357. The van der Waals surface area contributed by atoms with Crippen LogP contribution in [0.1, 0.15) is 12.8 Å². The molecule has 2 aromatic rings. The second kappa shape index (κ2) is 4.32. The van der Waals surface area contributed by atoms with Crippen molar-refractivity contribution in [1.29, 1.82) is 0 Å². The SMILES string of the molecule is FC1CCN(c2ccc3ccccc3n2)CC1. The van der Waals surface area contributed by atoms with Crippen molar-refractivity contribution in [2.24, 2.45) is 0 Å². The normalized spacial score (nSPS) is 17.6. The topological polar surface area (TPSA) is 16.1 Å². The van der Waals surface area contributed by atoms with Crippen molar-refractivity contribution in [3.05, 3.63) is 36.4 Å². The van der Waals surface area contributed by atoms with E-state index in [1.807, 2.05) is 24.3 Å². The second-order valence-corrected chi connectivity index (χ2v) is 4.52. The van der Waals surface area contributed by atoms with E-state index in [4.69, 9.17) is 0 Å². The van der Waals surface area contributed by atoms with Gasteiger partial charge >= 0.3 is 0 Å². The number of hydrogen-bond acceptors (Lipinski definition) is 2. The number of piperidine rings is 1. The van der Waals surface area contributed by atoms with Crippen LogP contribution < -0.4 is 4.90 Å². The zero-order chi connectivity index (χ0) is 11.7. The summed E-state index contributed by atoms with van der Waals surface area (Å²) in [5.74, 6) is 0.968. The summed E-state index contributed by atoms with van der Waals surface area (Å²) in [7, 11) is 0. The molecule has 1 fully saturated rings. The van der Waals surface area contributed by atoms with E-state index in [1.54, 1.807) is 0 Å². The number of benzene rings is 1. The van der Waals surface area contributed by atoms with Gasteiger partial charge in [0.25, 0.3) is 0 Å². The van der Waals surface area contributed by atoms with E-state index in [0.29, 0.717) is 12.8 Å². The molecule has 1 aliphatic heterocycles. The number of aromatic nitrogens is 1. The van der Waals surface area contributed by atoms with Crippen molar-refractivity contribution < 1.29 is 4.39 Å². The predicted molar refractivity (Wildman–Crippen MR) is 68.1 cm³/mol. The standard InChI is InChI=1S/C14H15FN2/c15-12-7-9-17(10-8-12)14-6-5-11-3-1-2-4-13(11)16-14/h1-6,12H,7-10H2. The van der Waals surface area contributed by atoms with Crippen LogP contribution in [0.3, 0.4) is 0 Å². The van der Waals surface area contributed by atoms with Gasteiger partial charge in [0, 0.05) is 18.5 Å². The molecule has 0 saturated carbocycles. The number of nitrogens with zero attached hydrogens (tertiary/aromatic N) is 2. The van der Waals surface area contributed by atoms with E-state index in [2.05, 4.69) is 22.0 Å². The van der Waals surface area contributed by atoms with Crippen LogP contribution in [0.4, 0.5) is 10.2 Å². The molecule has 0 N–H and O–H groups in total. The molecular weight excluding hydrogens is 215 g/mol. The minimum absolute atomic E-state index is 0.620. The smallest absolute Gasteiger partial charge is 0.129 e. The fourth-order valence-corrected chi connectivity index (χ4v) is 2.31. The van der Waals surface area contributed by atoms with E-state index in [1.165, 1.54) is 0 Å². The van der Waals surface area contributed by atoms with Crippen LogP contribution in [0.2, 0.25) is 0 Å². The predicted octanol–water partition coefficient (Wildman–Crippen LogP) is 3.17. The average Bonchev–Trinajstić information content (AvgIpc) is 2.39. The Morgan fingerprint density at radius 2 is 1.82 bits per heavy atom. The van der Waals surface area contributed by atoms with Gasteiger partial charge in [0.05, 0.1) is 5.52 Å². The van der Waals surface area contributed by atoms with Crippen LogP contribution >= 0.6 is 0 Å². The first-order valence-electron chi connectivity index (χ1n) is 6.08. The summed E-state index contributed by atoms with van der Waals surface area (Å²) >= 11 is 0. The number of halogens is 1. The van der Waals surface area contributed by atoms with Gasteiger partial charge in [-0.2, -0.15) is 0 Å². The highest BCUT2D eigenvalue weighted by Crippen LogP contribution is 2.22. The van der Waals surface area contributed by atoms with Gasteiger partial charge in [-0.1, -0.05) is 18.2 Å². The lowest BCUT2D eigenvalue weighted by molar-refractivity contribution is 0.277. The summed E-state index contributed by atoms with van der Waals surface area (Å²) in [4.78, 5) is 6.80. The highest BCUT2D eigenvalue weighted by molar-refractivity contribution is 5.80. The Morgan fingerprint density at radius 1 is 1.06 bits per heavy atom.